The Labute approximate surface area is 109 Å². The fourth-order valence-corrected chi connectivity index (χ4v) is 3.67. The van der Waals surface area contributed by atoms with Gasteiger partial charge in [-0.3, -0.25) is 0 Å². The number of piperidine rings is 2. The van der Waals surface area contributed by atoms with E-state index >= 15 is 0 Å². The van der Waals surface area contributed by atoms with Gasteiger partial charge in [0.2, 0.25) is 0 Å². The molecular formula is C12H20Cl2N2. The standard InChI is InChI=1S/C12H19ClN2.ClH/c1-7-5-9(8-3-2-4-14-6-8)15-12-10(7)11(12)13;/h7,10-12,14-15H,2-6H2,1H3;1H/b9-8+;. The molecule has 3 rings (SSSR count). The molecule has 0 bridgehead atoms. The Balaban J connectivity index is 0.000000963. The molecule has 4 heteroatoms. The largest absolute Gasteiger partial charge is 0.384 e. The van der Waals surface area contributed by atoms with Crippen LogP contribution in [0, 0.1) is 11.8 Å². The molecule has 0 amide bonds. The zero-order valence-corrected chi connectivity index (χ0v) is 11.2. The van der Waals surface area contributed by atoms with E-state index < -0.39 is 0 Å². The van der Waals surface area contributed by atoms with Gasteiger partial charge in [0, 0.05) is 24.2 Å². The third-order valence-electron chi connectivity index (χ3n) is 4.11. The minimum Gasteiger partial charge on any atom is -0.384 e. The third kappa shape index (κ3) is 2.07. The Morgan fingerprint density at radius 3 is 2.81 bits per heavy atom. The van der Waals surface area contributed by atoms with Crippen molar-refractivity contribution in [2.24, 2.45) is 11.8 Å². The molecule has 4 atom stereocenters. The lowest BCUT2D eigenvalue weighted by molar-refractivity contribution is 0.418. The average molecular weight is 263 g/mol. The van der Waals surface area contributed by atoms with Crippen molar-refractivity contribution in [2.45, 2.75) is 37.6 Å². The molecule has 16 heavy (non-hydrogen) atoms. The van der Waals surface area contributed by atoms with E-state index in [2.05, 4.69) is 17.6 Å². The summed E-state index contributed by atoms with van der Waals surface area (Å²) in [5, 5.41) is 7.49. The number of fused-ring (bicyclic) bond motifs is 1. The minimum absolute atomic E-state index is 0. The number of alkyl halides is 1. The van der Waals surface area contributed by atoms with Crippen molar-refractivity contribution in [3.05, 3.63) is 11.3 Å². The molecule has 0 radical (unpaired) electrons. The van der Waals surface area contributed by atoms with Crippen molar-refractivity contribution in [1.82, 2.24) is 10.6 Å². The van der Waals surface area contributed by atoms with Crippen LogP contribution in [0.5, 0.6) is 0 Å². The molecule has 2 aliphatic heterocycles. The Bertz CT molecular complexity index is 285. The summed E-state index contributed by atoms with van der Waals surface area (Å²) in [4.78, 5) is 0. The maximum absolute atomic E-state index is 6.26. The molecule has 0 aromatic rings. The highest BCUT2D eigenvalue weighted by molar-refractivity contribution is 6.23. The van der Waals surface area contributed by atoms with E-state index in [0.29, 0.717) is 11.4 Å². The number of rotatable bonds is 0. The first-order chi connectivity index (χ1) is 7.27. The monoisotopic (exact) mass is 262 g/mol. The first kappa shape index (κ1) is 12.5. The summed E-state index contributed by atoms with van der Waals surface area (Å²) in [6.07, 6.45) is 3.76. The molecule has 0 aromatic carbocycles. The lowest BCUT2D eigenvalue weighted by Gasteiger charge is -2.27. The summed E-state index contributed by atoms with van der Waals surface area (Å²) in [5.74, 6) is 1.50. The second-order valence-corrected chi connectivity index (χ2v) is 5.74. The van der Waals surface area contributed by atoms with Gasteiger partial charge < -0.3 is 10.6 Å². The lowest BCUT2D eigenvalue weighted by atomic mass is 9.92. The van der Waals surface area contributed by atoms with E-state index in [4.69, 9.17) is 11.6 Å². The molecule has 0 spiro atoms. The van der Waals surface area contributed by atoms with Gasteiger partial charge in [-0.1, -0.05) is 6.92 Å². The topological polar surface area (TPSA) is 24.1 Å². The molecule has 1 saturated carbocycles. The van der Waals surface area contributed by atoms with Crippen molar-refractivity contribution < 1.29 is 0 Å². The third-order valence-corrected chi connectivity index (χ3v) is 4.67. The van der Waals surface area contributed by atoms with E-state index in [1.807, 2.05) is 0 Å². The second-order valence-electron chi connectivity index (χ2n) is 5.24. The Hall–Kier alpha value is 0.0800. The number of hydrogen-bond donors (Lipinski definition) is 2. The average Bonchev–Trinajstić information content (AvgIpc) is 2.92. The molecule has 3 fully saturated rings. The molecular weight excluding hydrogens is 243 g/mol. The van der Waals surface area contributed by atoms with Gasteiger partial charge in [0.25, 0.3) is 0 Å². The molecule has 2 N–H and O–H groups in total. The fourth-order valence-electron chi connectivity index (χ4n) is 3.12. The maximum atomic E-state index is 6.26. The van der Waals surface area contributed by atoms with E-state index in [1.165, 1.54) is 31.5 Å². The molecule has 1 aliphatic carbocycles. The van der Waals surface area contributed by atoms with E-state index in [1.54, 1.807) is 5.57 Å². The maximum Gasteiger partial charge on any atom is 0.0591 e. The fraction of sp³-hybridized carbons (Fsp3) is 0.833. The predicted octanol–water partition coefficient (Wildman–Crippen LogP) is 2.28. The first-order valence-electron chi connectivity index (χ1n) is 6.09. The molecule has 0 aromatic heterocycles. The first-order valence-corrected chi connectivity index (χ1v) is 6.53. The number of hydrogen-bond acceptors (Lipinski definition) is 2. The van der Waals surface area contributed by atoms with Crippen molar-refractivity contribution in [2.75, 3.05) is 13.1 Å². The number of halogens is 2. The van der Waals surface area contributed by atoms with Crippen molar-refractivity contribution in [3.63, 3.8) is 0 Å². The van der Waals surface area contributed by atoms with E-state index in [9.17, 15) is 0 Å². The number of nitrogens with one attached hydrogen (secondary N) is 2. The molecule has 2 saturated heterocycles. The molecule has 4 unspecified atom stereocenters. The van der Waals surface area contributed by atoms with Crippen molar-refractivity contribution >= 4 is 24.0 Å². The van der Waals surface area contributed by atoms with Crippen LogP contribution in [0.15, 0.2) is 11.3 Å². The van der Waals surface area contributed by atoms with Gasteiger partial charge in [-0.25, -0.2) is 0 Å². The van der Waals surface area contributed by atoms with Gasteiger partial charge in [0.05, 0.1) is 5.38 Å². The van der Waals surface area contributed by atoms with Crippen LogP contribution in [0.2, 0.25) is 0 Å². The van der Waals surface area contributed by atoms with Crippen LogP contribution < -0.4 is 10.6 Å². The SMILES string of the molecule is CC1C/C(=C2/CCCNC2)NC2C(Cl)C12.Cl. The Morgan fingerprint density at radius 2 is 2.19 bits per heavy atom. The molecule has 3 aliphatic rings. The summed E-state index contributed by atoms with van der Waals surface area (Å²) in [6, 6.07) is 0.569. The quantitative estimate of drug-likeness (QED) is 0.655. The van der Waals surface area contributed by atoms with E-state index in [-0.39, 0.29) is 12.4 Å². The van der Waals surface area contributed by atoms with Crippen LogP contribution in [0.25, 0.3) is 0 Å². The van der Waals surface area contributed by atoms with Gasteiger partial charge >= 0.3 is 0 Å². The summed E-state index contributed by atoms with van der Waals surface area (Å²) >= 11 is 6.26. The highest BCUT2D eigenvalue weighted by atomic mass is 35.5. The van der Waals surface area contributed by atoms with Gasteiger partial charge in [-0.2, -0.15) is 0 Å². The lowest BCUT2D eigenvalue weighted by Crippen LogP contribution is -2.32. The smallest absolute Gasteiger partial charge is 0.0591 e. The molecule has 92 valence electrons. The van der Waals surface area contributed by atoms with Crippen LogP contribution in [0.3, 0.4) is 0 Å². The highest BCUT2D eigenvalue weighted by Crippen LogP contribution is 2.48. The van der Waals surface area contributed by atoms with Crippen LogP contribution in [0.4, 0.5) is 0 Å². The van der Waals surface area contributed by atoms with Crippen molar-refractivity contribution in [3.8, 4) is 0 Å². The summed E-state index contributed by atoms with van der Waals surface area (Å²) in [5.41, 5.74) is 3.10. The Kier molecular flexibility index (Phi) is 3.72. The zero-order valence-electron chi connectivity index (χ0n) is 9.63. The van der Waals surface area contributed by atoms with Gasteiger partial charge in [0.15, 0.2) is 0 Å². The predicted molar refractivity (Wildman–Crippen MR) is 70.2 cm³/mol. The van der Waals surface area contributed by atoms with Crippen molar-refractivity contribution in [1.29, 1.82) is 0 Å². The molecule has 2 heterocycles. The van der Waals surface area contributed by atoms with Crippen LogP contribution in [-0.4, -0.2) is 24.5 Å². The number of allylic oxidation sites excluding steroid dienone is 1. The van der Waals surface area contributed by atoms with Crippen LogP contribution in [-0.2, 0) is 0 Å². The van der Waals surface area contributed by atoms with Gasteiger partial charge in [-0.15, -0.1) is 24.0 Å². The van der Waals surface area contributed by atoms with Gasteiger partial charge in [-0.05, 0) is 37.3 Å². The van der Waals surface area contributed by atoms with Crippen LogP contribution in [0.1, 0.15) is 26.2 Å². The molecule has 2 nitrogen and oxygen atoms in total. The summed E-state index contributed by atoms with van der Waals surface area (Å²) in [7, 11) is 0. The zero-order chi connectivity index (χ0) is 10.4. The normalized spacial score (nSPS) is 46.4. The minimum atomic E-state index is 0. The summed E-state index contributed by atoms with van der Waals surface area (Å²) < 4.78 is 0. The van der Waals surface area contributed by atoms with E-state index in [0.717, 1.165) is 18.4 Å². The van der Waals surface area contributed by atoms with Crippen LogP contribution >= 0.6 is 24.0 Å². The second kappa shape index (κ2) is 4.75. The summed E-state index contributed by atoms with van der Waals surface area (Å²) in [6.45, 7) is 4.60. The Morgan fingerprint density at radius 1 is 1.38 bits per heavy atom. The highest BCUT2D eigenvalue weighted by Gasteiger charge is 2.54. The van der Waals surface area contributed by atoms with Gasteiger partial charge in [0.1, 0.15) is 0 Å².